The summed E-state index contributed by atoms with van der Waals surface area (Å²) in [6.45, 7) is 6.50. The topological polar surface area (TPSA) is 112 Å². The number of likely N-dealkylation sites (tertiary alicyclic amines) is 1. The number of carbonyl (C=O) groups is 3. The fourth-order valence-electron chi connectivity index (χ4n) is 5.36. The lowest BCUT2D eigenvalue weighted by Gasteiger charge is -2.29. The number of benzene rings is 2. The van der Waals surface area contributed by atoms with Gasteiger partial charge in [-0.1, -0.05) is 48.5 Å². The molecule has 1 fully saturated rings. The number of amides is 2. The minimum absolute atomic E-state index is 0.0410. The van der Waals surface area contributed by atoms with Gasteiger partial charge >= 0.3 is 18.2 Å². The van der Waals surface area contributed by atoms with Crippen molar-refractivity contribution in [1.82, 2.24) is 14.8 Å². The summed E-state index contributed by atoms with van der Waals surface area (Å²) in [4.78, 5) is 43.6. The number of carboxylic acid groups (broad SMARTS) is 1. The lowest BCUT2D eigenvalue weighted by molar-refractivity contribution is 0.0271. The second kappa shape index (κ2) is 10.5. The Balaban J connectivity index is 1.34. The molecule has 2 aliphatic rings. The Morgan fingerprint density at radius 3 is 2.28 bits per heavy atom. The number of fused-ring (bicyclic) bond motifs is 3. The number of H-pyrrole nitrogens is 1. The van der Waals surface area contributed by atoms with Gasteiger partial charge in [-0.15, -0.1) is 0 Å². The van der Waals surface area contributed by atoms with Crippen LogP contribution in [0.1, 0.15) is 60.3 Å². The van der Waals surface area contributed by atoms with Crippen molar-refractivity contribution in [1.29, 1.82) is 0 Å². The zero-order chi connectivity index (χ0) is 27.7. The highest BCUT2D eigenvalue weighted by Crippen LogP contribution is 2.44. The Morgan fingerprint density at radius 1 is 1.05 bits per heavy atom. The first kappa shape index (κ1) is 26.3. The van der Waals surface area contributed by atoms with Crippen molar-refractivity contribution in [2.75, 3.05) is 19.7 Å². The van der Waals surface area contributed by atoms with Crippen LogP contribution in [0, 0.1) is 0 Å². The molecule has 39 heavy (non-hydrogen) atoms. The van der Waals surface area contributed by atoms with E-state index in [1.807, 2.05) is 45.0 Å². The number of ether oxygens (including phenoxy) is 2. The third kappa shape index (κ3) is 5.62. The van der Waals surface area contributed by atoms with Crippen LogP contribution < -0.4 is 0 Å². The van der Waals surface area contributed by atoms with Crippen molar-refractivity contribution in [2.24, 2.45) is 0 Å². The van der Waals surface area contributed by atoms with Crippen LogP contribution in [0.15, 0.2) is 60.8 Å². The third-order valence-electron chi connectivity index (χ3n) is 7.15. The molecular formula is C30H33N3O6. The predicted octanol–water partition coefficient (Wildman–Crippen LogP) is 5.47. The quantitative estimate of drug-likeness (QED) is 0.436. The highest BCUT2D eigenvalue weighted by molar-refractivity contribution is 5.85. The van der Waals surface area contributed by atoms with Crippen molar-refractivity contribution < 1.29 is 29.0 Å². The fourth-order valence-corrected chi connectivity index (χ4v) is 5.36. The molecule has 9 nitrogen and oxygen atoms in total. The standard InChI is InChI=1S/C30H33N3O6/c1-30(2,3)39-28(36)32-13-12-20(17-32)33(16-19-14-26(27(34)35)31-15-19)29(37)38-18-25-23-10-6-4-8-21(23)22-9-5-7-11-24(22)25/h4-11,14-15,20,25,31H,12-13,16-18H2,1-3H3,(H,34,35)/t20-/m0/s1. The molecule has 1 saturated heterocycles. The van der Waals surface area contributed by atoms with Gasteiger partial charge in [0.1, 0.15) is 17.9 Å². The molecular weight excluding hydrogens is 498 g/mol. The van der Waals surface area contributed by atoms with E-state index in [1.54, 1.807) is 16.0 Å². The lowest BCUT2D eigenvalue weighted by Crippen LogP contribution is -2.43. The first-order chi connectivity index (χ1) is 18.6. The van der Waals surface area contributed by atoms with E-state index >= 15 is 0 Å². The van der Waals surface area contributed by atoms with E-state index in [9.17, 15) is 19.5 Å². The Hall–Kier alpha value is -4.27. The molecule has 0 saturated carbocycles. The molecule has 0 spiro atoms. The Kier molecular flexibility index (Phi) is 7.08. The largest absolute Gasteiger partial charge is 0.477 e. The van der Waals surface area contributed by atoms with E-state index in [0.29, 0.717) is 25.1 Å². The smallest absolute Gasteiger partial charge is 0.410 e. The highest BCUT2D eigenvalue weighted by Gasteiger charge is 2.37. The molecule has 1 atom stereocenters. The molecule has 5 rings (SSSR count). The number of aromatic nitrogens is 1. The molecule has 2 N–H and O–H groups in total. The summed E-state index contributed by atoms with van der Waals surface area (Å²) in [6.07, 6.45) is 1.20. The predicted molar refractivity (Wildman–Crippen MR) is 145 cm³/mol. The van der Waals surface area contributed by atoms with Crippen LogP contribution in [0.5, 0.6) is 0 Å². The fraction of sp³-hybridized carbons (Fsp3) is 0.367. The highest BCUT2D eigenvalue weighted by atomic mass is 16.6. The van der Waals surface area contributed by atoms with Gasteiger partial charge in [0.15, 0.2) is 0 Å². The number of aromatic amines is 1. The van der Waals surface area contributed by atoms with Crippen LogP contribution in [0.2, 0.25) is 0 Å². The average Bonchev–Trinajstić information content (AvgIpc) is 3.63. The summed E-state index contributed by atoms with van der Waals surface area (Å²) >= 11 is 0. The Labute approximate surface area is 227 Å². The number of carboxylic acids is 1. The molecule has 1 aromatic heterocycles. The number of carbonyl (C=O) groups excluding carboxylic acids is 2. The molecule has 204 valence electrons. The Morgan fingerprint density at radius 2 is 1.69 bits per heavy atom. The SMILES string of the molecule is CC(C)(C)OC(=O)N1CC[C@H](N(Cc2c[nH]c(C(=O)O)c2)C(=O)OCC2c3ccccc3-c3ccccc32)C1. The summed E-state index contributed by atoms with van der Waals surface area (Å²) < 4.78 is 11.5. The number of nitrogens with zero attached hydrogens (tertiary/aromatic N) is 2. The Bertz CT molecular complexity index is 1350. The van der Waals surface area contributed by atoms with Crippen LogP contribution in [-0.4, -0.2) is 69.4 Å². The second-order valence-electron chi connectivity index (χ2n) is 11.0. The van der Waals surface area contributed by atoms with Crippen molar-refractivity contribution in [3.05, 3.63) is 83.2 Å². The van der Waals surface area contributed by atoms with Gasteiger partial charge in [0.2, 0.25) is 0 Å². The van der Waals surface area contributed by atoms with Crippen LogP contribution in [0.3, 0.4) is 0 Å². The average molecular weight is 532 g/mol. The molecule has 2 aromatic carbocycles. The maximum absolute atomic E-state index is 13.6. The maximum Gasteiger partial charge on any atom is 0.410 e. The van der Waals surface area contributed by atoms with E-state index in [0.717, 1.165) is 22.3 Å². The third-order valence-corrected chi connectivity index (χ3v) is 7.15. The van der Waals surface area contributed by atoms with Gasteiger partial charge < -0.3 is 24.5 Å². The summed E-state index contributed by atoms with van der Waals surface area (Å²) in [5.41, 5.74) is 4.57. The van der Waals surface area contributed by atoms with E-state index in [4.69, 9.17) is 9.47 Å². The molecule has 0 unspecified atom stereocenters. The zero-order valence-electron chi connectivity index (χ0n) is 22.3. The number of hydrogen-bond donors (Lipinski definition) is 2. The first-order valence-corrected chi connectivity index (χ1v) is 13.1. The summed E-state index contributed by atoms with van der Waals surface area (Å²) in [5, 5.41) is 9.31. The van der Waals surface area contributed by atoms with Crippen LogP contribution in [0.25, 0.3) is 11.1 Å². The molecule has 2 amide bonds. The zero-order valence-corrected chi connectivity index (χ0v) is 22.3. The van der Waals surface area contributed by atoms with Gasteiger partial charge in [-0.3, -0.25) is 4.90 Å². The maximum atomic E-state index is 13.6. The summed E-state index contributed by atoms with van der Waals surface area (Å²) in [5.74, 6) is -1.16. The summed E-state index contributed by atoms with van der Waals surface area (Å²) in [7, 11) is 0. The summed E-state index contributed by atoms with van der Waals surface area (Å²) in [6, 6.07) is 17.5. The van der Waals surface area contributed by atoms with Gasteiger partial charge in [-0.25, -0.2) is 14.4 Å². The van der Waals surface area contributed by atoms with Gasteiger partial charge in [0.25, 0.3) is 0 Å². The van der Waals surface area contributed by atoms with Crippen molar-refractivity contribution in [3.63, 3.8) is 0 Å². The number of rotatable bonds is 6. The minimum atomic E-state index is -1.08. The van der Waals surface area contributed by atoms with E-state index in [-0.39, 0.29) is 30.8 Å². The molecule has 0 bridgehead atoms. The van der Waals surface area contributed by atoms with Gasteiger partial charge in [-0.2, -0.15) is 0 Å². The van der Waals surface area contributed by atoms with Crippen molar-refractivity contribution in [2.45, 2.75) is 51.3 Å². The van der Waals surface area contributed by atoms with E-state index in [1.165, 1.54) is 6.07 Å². The normalized spacial score (nSPS) is 16.5. The van der Waals surface area contributed by atoms with Crippen LogP contribution in [0.4, 0.5) is 9.59 Å². The molecule has 9 heteroatoms. The van der Waals surface area contributed by atoms with Crippen LogP contribution >= 0.6 is 0 Å². The van der Waals surface area contributed by atoms with E-state index in [2.05, 4.69) is 29.2 Å². The van der Waals surface area contributed by atoms with Crippen molar-refractivity contribution >= 4 is 18.2 Å². The molecule has 2 heterocycles. The molecule has 1 aliphatic heterocycles. The van der Waals surface area contributed by atoms with Crippen molar-refractivity contribution in [3.8, 4) is 11.1 Å². The number of nitrogens with one attached hydrogen (secondary N) is 1. The molecule has 1 aliphatic carbocycles. The lowest BCUT2D eigenvalue weighted by atomic mass is 9.98. The monoisotopic (exact) mass is 531 g/mol. The number of aromatic carboxylic acids is 1. The minimum Gasteiger partial charge on any atom is -0.477 e. The van der Waals surface area contributed by atoms with Gasteiger partial charge in [0, 0.05) is 25.2 Å². The van der Waals surface area contributed by atoms with E-state index < -0.39 is 23.8 Å². The first-order valence-electron chi connectivity index (χ1n) is 13.1. The van der Waals surface area contributed by atoms with Crippen LogP contribution in [-0.2, 0) is 16.0 Å². The number of hydrogen-bond acceptors (Lipinski definition) is 5. The van der Waals surface area contributed by atoms with Gasteiger partial charge in [0.05, 0.1) is 12.6 Å². The molecule has 3 aromatic rings. The van der Waals surface area contributed by atoms with Gasteiger partial charge in [-0.05, 0) is 61.1 Å². The molecule has 0 radical (unpaired) electrons. The second-order valence-corrected chi connectivity index (χ2v) is 11.0.